The molecule has 1 aromatic carbocycles. The molecule has 1 atom stereocenters. The van der Waals surface area contributed by atoms with Crippen LogP contribution in [0.3, 0.4) is 0 Å². The molecule has 0 aromatic heterocycles. The minimum Gasteiger partial charge on any atom is -0.492 e. The number of hydrogen-bond acceptors (Lipinski definition) is 6. The normalized spacial score (nSPS) is 12.5. The van der Waals surface area contributed by atoms with Gasteiger partial charge in [0.25, 0.3) is 0 Å². The third-order valence-corrected chi connectivity index (χ3v) is 4.70. The lowest BCUT2D eigenvalue weighted by molar-refractivity contribution is -0.122. The molecule has 0 aliphatic carbocycles. The molecule has 0 heterocycles. The van der Waals surface area contributed by atoms with E-state index in [1.807, 2.05) is 18.2 Å². The molecule has 152 valence electrons. The number of nitrogens with one attached hydrogen (secondary N) is 2. The van der Waals surface area contributed by atoms with Crippen molar-refractivity contribution in [1.82, 2.24) is 10.6 Å². The van der Waals surface area contributed by atoms with Gasteiger partial charge in [0.2, 0.25) is 5.91 Å². The van der Waals surface area contributed by atoms with Gasteiger partial charge in [-0.25, -0.2) is 0 Å². The number of nitrogens with zero attached hydrogens (tertiary/aromatic N) is 1. The number of amides is 1. The molecule has 0 fully saturated rings. The maximum absolute atomic E-state index is 12.0. The number of benzene rings is 1. The van der Waals surface area contributed by atoms with Crippen molar-refractivity contribution >= 4 is 37.1 Å². The molecule has 0 unspecified atom stereocenters. The van der Waals surface area contributed by atoms with Gasteiger partial charge < -0.3 is 26.8 Å². The molecular weight excluding hydrogens is 382 g/mol. The number of thiol groups is 2. The fourth-order valence-electron chi connectivity index (χ4n) is 2.38. The monoisotopic (exact) mass is 413 g/mol. The van der Waals surface area contributed by atoms with Gasteiger partial charge in [-0.05, 0) is 42.5 Å². The summed E-state index contributed by atoms with van der Waals surface area (Å²) < 4.78 is 5.68. The largest absolute Gasteiger partial charge is 0.492 e. The van der Waals surface area contributed by atoms with E-state index in [0.717, 1.165) is 29.7 Å². The second-order valence-electron chi connectivity index (χ2n) is 6.02. The topological polar surface area (TPSA) is 115 Å². The van der Waals surface area contributed by atoms with Crippen molar-refractivity contribution in [2.45, 2.75) is 36.8 Å². The van der Waals surface area contributed by atoms with E-state index >= 15 is 0 Å². The Balaban J connectivity index is 2.21. The second kappa shape index (κ2) is 13.6. The molecule has 0 spiro atoms. The summed E-state index contributed by atoms with van der Waals surface area (Å²) in [6.07, 6.45) is 2.32. The maximum Gasteiger partial charge on any atom is 0.237 e. The van der Waals surface area contributed by atoms with E-state index in [9.17, 15) is 4.79 Å². The standard InChI is InChI=1S/C18H31N5O2S2/c1-21-18(20)23-7-3-2-4-16(19)17(24)22-8-9-25-15-6-5-13(11-26)14(10-15)12-27/h5-6,10,16,26-27H,2-4,7-9,11-12,19H2,1H3,(H,22,24)(H3,20,21,23)/t16-/m1/s1. The SMILES string of the molecule is C/N=C(\N)NCCCC[C@@H](N)C(=O)NCCOc1ccc(CS)c(CS)c1. The van der Waals surface area contributed by atoms with Gasteiger partial charge in [-0.2, -0.15) is 25.3 Å². The van der Waals surface area contributed by atoms with Crippen molar-refractivity contribution in [3.8, 4) is 5.75 Å². The van der Waals surface area contributed by atoms with Crippen LogP contribution < -0.4 is 26.8 Å². The summed E-state index contributed by atoms with van der Waals surface area (Å²) in [4.78, 5) is 15.8. The third-order valence-electron chi connectivity index (χ3n) is 4.01. The number of rotatable bonds is 12. The summed E-state index contributed by atoms with van der Waals surface area (Å²) in [6, 6.07) is 5.32. The third kappa shape index (κ3) is 9.25. The summed E-state index contributed by atoms with van der Waals surface area (Å²) in [5.41, 5.74) is 13.7. The molecule has 7 nitrogen and oxygen atoms in total. The molecule has 0 aliphatic rings. The highest BCUT2D eigenvalue weighted by molar-refractivity contribution is 7.79. The zero-order valence-electron chi connectivity index (χ0n) is 15.8. The Kier molecular flexibility index (Phi) is 11.8. The summed E-state index contributed by atoms with van der Waals surface area (Å²) in [5, 5.41) is 5.77. The zero-order valence-corrected chi connectivity index (χ0v) is 17.6. The second-order valence-corrected chi connectivity index (χ2v) is 6.66. The first kappa shape index (κ1) is 23.5. The van der Waals surface area contributed by atoms with Gasteiger partial charge in [0.1, 0.15) is 12.4 Å². The lowest BCUT2D eigenvalue weighted by Gasteiger charge is -2.13. The molecular formula is C18H31N5O2S2. The fraction of sp³-hybridized carbons (Fsp3) is 0.556. The molecule has 1 amide bonds. The van der Waals surface area contributed by atoms with Crippen LogP contribution in [0.4, 0.5) is 0 Å². The first-order valence-electron chi connectivity index (χ1n) is 8.97. The maximum atomic E-state index is 12.0. The van der Waals surface area contributed by atoms with Gasteiger partial charge in [-0.1, -0.05) is 6.07 Å². The van der Waals surface area contributed by atoms with Gasteiger partial charge in [-0.15, -0.1) is 0 Å². The van der Waals surface area contributed by atoms with Crippen molar-refractivity contribution < 1.29 is 9.53 Å². The fourth-order valence-corrected chi connectivity index (χ4v) is 2.99. The van der Waals surface area contributed by atoms with Crippen molar-refractivity contribution in [1.29, 1.82) is 0 Å². The minimum absolute atomic E-state index is 0.164. The Hall–Kier alpha value is -1.58. The molecule has 9 heteroatoms. The smallest absolute Gasteiger partial charge is 0.237 e. The molecule has 0 bridgehead atoms. The molecule has 0 saturated heterocycles. The Bertz CT molecular complexity index is 613. The Morgan fingerprint density at radius 3 is 2.59 bits per heavy atom. The molecule has 0 aliphatic heterocycles. The van der Waals surface area contributed by atoms with E-state index in [4.69, 9.17) is 16.2 Å². The van der Waals surface area contributed by atoms with Crippen LogP contribution in [0.1, 0.15) is 30.4 Å². The van der Waals surface area contributed by atoms with Crippen LogP contribution in [-0.2, 0) is 16.3 Å². The van der Waals surface area contributed by atoms with Crippen LogP contribution in [0.25, 0.3) is 0 Å². The van der Waals surface area contributed by atoms with Crippen LogP contribution in [-0.4, -0.2) is 44.7 Å². The van der Waals surface area contributed by atoms with Crippen molar-refractivity contribution in [2.75, 3.05) is 26.7 Å². The average Bonchev–Trinajstić information content (AvgIpc) is 2.69. The van der Waals surface area contributed by atoms with E-state index < -0.39 is 6.04 Å². The van der Waals surface area contributed by atoms with E-state index in [-0.39, 0.29) is 5.91 Å². The van der Waals surface area contributed by atoms with Crippen molar-refractivity contribution in [2.24, 2.45) is 16.5 Å². The van der Waals surface area contributed by atoms with Gasteiger partial charge in [-0.3, -0.25) is 9.79 Å². The Labute approximate surface area is 172 Å². The van der Waals surface area contributed by atoms with E-state index in [0.29, 0.717) is 43.6 Å². The molecule has 0 saturated carbocycles. The average molecular weight is 414 g/mol. The number of guanidine groups is 1. The highest BCUT2D eigenvalue weighted by Gasteiger charge is 2.12. The number of nitrogens with two attached hydrogens (primary N) is 2. The van der Waals surface area contributed by atoms with Crippen LogP contribution >= 0.6 is 25.3 Å². The molecule has 0 radical (unpaired) electrons. The highest BCUT2D eigenvalue weighted by atomic mass is 32.1. The first-order chi connectivity index (χ1) is 13.0. The number of ether oxygens (including phenoxy) is 1. The van der Waals surface area contributed by atoms with Gasteiger partial charge in [0, 0.05) is 25.1 Å². The van der Waals surface area contributed by atoms with Crippen LogP contribution in [0.15, 0.2) is 23.2 Å². The lowest BCUT2D eigenvalue weighted by Crippen LogP contribution is -2.42. The van der Waals surface area contributed by atoms with Crippen molar-refractivity contribution in [3.63, 3.8) is 0 Å². The van der Waals surface area contributed by atoms with E-state index in [2.05, 4.69) is 40.9 Å². The molecule has 6 N–H and O–H groups in total. The van der Waals surface area contributed by atoms with Gasteiger partial charge in [0.15, 0.2) is 5.96 Å². The van der Waals surface area contributed by atoms with Crippen molar-refractivity contribution in [3.05, 3.63) is 29.3 Å². The number of hydrogen-bond donors (Lipinski definition) is 6. The predicted molar refractivity (Wildman–Crippen MR) is 118 cm³/mol. The quantitative estimate of drug-likeness (QED) is 0.133. The number of carbonyl (C=O) groups excluding carboxylic acids is 1. The van der Waals surface area contributed by atoms with Crippen LogP contribution in [0, 0.1) is 0 Å². The highest BCUT2D eigenvalue weighted by Crippen LogP contribution is 2.20. The summed E-state index contributed by atoms with van der Waals surface area (Å²) >= 11 is 8.62. The van der Waals surface area contributed by atoms with Crippen LogP contribution in [0.2, 0.25) is 0 Å². The molecule has 1 aromatic rings. The number of aliphatic imine (C=N–C) groups is 1. The first-order valence-corrected chi connectivity index (χ1v) is 10.2. The Morgan fingerprint density at radius 2 is 1.93 bits per heavy atom. The Morgan fingerprint density at radius 1 is 1.19 bits per heavy atom. The van der Waals surface area contributed by atoms with Gasteiger partial charge in [0.05, 0.1) is 12.6 Å². The summed E-state index contributed by atoms with van der Waals surface area (Å²) in [7, 11) is 1.63. The molecule has 1 rings (SSSR count). The zero-order chi connectivity index (χ0) is 20.1. The molecule has 27 heavy (non-hydrogen) atoms. The lowest BCUT2D eigenvalue weighted by atomic mass is 10.1. The predicted octanol–water partition coefficient (Wildman–Crippen LogP) is 1.07. The minimum atomic E-state index is -0.521. The van der Waals surface area contributed by atoms with E-state index in [1.165, 1.54) is 0 Å². The number of carbonyl (C=O) groups is 1. The summed E-state index contributed by atoms with van der Waals surface area (Å²) in [5.74, 6) is 2.30. The van der Waals surface area contributed by atoms with E-state index in [1.54, 1.807) is 7.05 Å². The number of unbranched alkanes of at least 4 members (excludes halogenated alkanes) is 1. The van der Waals surface area contributed by atoms with Gasteiger partial charge >= 0.3 is 0 Å². The summed E-state index contributed by atoms with van der Waals surface area (Å²) in [6.45, 7) is 1.50. The van der Waals surface area contributed by atoms with Crippen LogP contribution in [0.5, 0.6) is 5.75 Å².